The summed E-state index contributed by atoms with van der Waals surface area (Å²) in [5.41, 5.74) is 0. The van der Waals surface area contributed by atoms with E-state index in [0.717, 1.165) is 39.0 Å². The number of hydrogen-bond acceptors (Lipinski definition) is 6. The number of sulfonamides is 1. The van der Waals surface area contributed by atoms with Crippen molar-refractivity contribution >= 4 is 21.7 Å². The summed E-state index contributed by atoms with van der Waals surface area (Å²) < 4.78 is 26.9. The summed E-state index contributed by atoms with van der Waals surface area (Å²) in [4.78, 5) is 19.9. The molecule has 2 aliphatic rings. The van der Waals surface area contributed by atoms with Crippen LogP contribution in [-0.4, -0.2) is 85.8 Å². The third kappa shape index (κ3) is 4.33. The summed E-state index contributed by atoms with van der Waals surface area (Å²) >= 11 is 0. The molecule has 2 aliphatic heterocycles. The summed E-state index contributed by atoms with van der Waals surface area (Å²) in [5, 5.41) is 3.34. The van der Waals surface area contributed by atoms with Crippen LogP contribution >= 0.6 is 0 Å². The fourth-order valence-corrected chi connectivity index (χ4v) is 4.71. The molecule has 2 fully saturated rings. The topological polar surface area (TPSA) is 85.8 Å². The van der Waals surface area contributed by atoms with Crippen molar-refractivity contribution in [2.75, 3.05) is 51.6 Å². The maximum atomic E-state index is 12.7. The second kappa shape index (κ2) is 7.89. The van der Waals surface area contributed by atoms with Crippen molar-refractivity contribution in [2.45, 2.75) is 30.7 Å². The van der Waals surface area contributed by atoms with Crippen molar-refractivity contribution in [3.8, 4) is 0 Å². The highest BCUT2D eigenvalue weighted by molar-refractivity contribution is 7.89. The van der Waals surface area contributed by atoms with Crippen LogP contribution in [0.4, 0.5) is 5.82 Å². The van der Waals surface area contributed by atoms with E-state index < -0.39 is 10.0 Å². The molecule has 0 radical (unpaired) electrons. The Morgan fingerprint density at radius 2 is 1.77 bits per heavy atom. The van der Waals surface area contributed by atoms with Gasteiger partial charge in [0, 0.05) is 58.4 Å². The summed E-state index contributed by atoms with van der Waals surface area (Å²) in [7, 11) is -1.49. The first-order valence-electron chi connectivity index (χ1n) is 9.03. The van der Waals surface area contributed by atoms with Crippen LogP contribution in [0, 0.1) is 0 Å². The van der Waals surface area contributed by atoms with E-state index in [-0.39, 0.29) is 16.8 Å². The number of nitrogens with one attached hydrogen (secondary N) is 1. The van der Waals surface area contributed by atoms with Crippen molar-refractivity contribution < 1.29 is 13.2 Å². The summed E-state index contributed by atoms with van der Waals surface area (Å²) in [6.07, 6.45) is 3.16. The van der Waals surface area contributed by atoms with Gasteiger partial charge in [0.2, 0.25) is 15.9 Å². The molecule has 144 valence electrons. The lowest BCUT2D eigenvalue weighted by Gasteiger charge is -2.32. The number of carbonyl (C=O) groups excluding carboxylic acids is 1. The van der Waals surface area contributed by atoms with Gasteiger partial charge < -0.3 is 15.1 Å². The lowest BCUT2D eigenvalue weighted by Crippen LogP contribution is -2.47. The maximum absolute atomic E-state index is 12.7. The molecule has 1 aromatic rings. The number of likely N-dealkylation sites (N-methyl/N-ethyl adjacent to an activating group) is 1. The number of amides is 1. The monoisotopic (exact) mass is 381 g/mol. The third-order valence-electron chi connectivity index (χ3n) is 5.13. The van der Waals surface area contributed by atoms with Crippen LogP contribution < -0.4 is 5.32 Å². The van der Waals surface area contributed by atoms with E-state index in [4.69, 9.17) is 0 Å². The number of hydrogen-bond donors (Lipinski definition) is 1. The van der Waals surface area contributed by atoms with Gasteiger partial charge in [0.05, 0.1) is 0 Å². The SMILES string of the molecule is CC(=O)N1CCC(Nc2ccc(S(=O)(=O)N3CCN(C)CC3)cn2)CC1. The van der Waals surface area contributed by atoms with Gasteiger partial charge in [-0.15, -0.1) is 0 Å². The van der Waals surface area contributed by atoms with E-state index in [1.807, 2.05) is 11.9 Å². The van der Waals surface area contributed by atoms with Gasteiger partial charge in [0.25, 0.3) is 0 Å². The van der Waals surface area contributed by atoms with Crippen molar-refractivity contribution in [1.29, 1.82) is 0 Å². The number of piperazine rings is 1. The quantitative estimate of drug-likeness (QED) is 0.815. The van der Waals surface area contributed by atoms with E-state index >= 15 is 0 Å². The Kier molecular flexibility index (Phi) is 5.79. The van der Waals surface area contributed by atoms with E-state index in [9.17, 15) is 13.2 Å². The molecule has 9 heteroatoms. The Labute approximate surface area is 155 Å². The highest BCUT2D eigenvalue weighted by Gasteiger charge is 2.28. The Hall–Kier alpha value is -1.71. The van der Waals surface area contributed by atoms with Gasteiger partial charge in [0.1, 0.15) is 10.7 Å². The first-order valence-corrected chi connectivity index (χ1v) is 10.5. The number of piperidine rings is 1. The van der Waals surface area contributed by atoms with Crippen molar-refractivity contribution in [3.05, 3.63) is 18.3 Å². The standard InChI is InChI=1S/C17H27N5O3S/c1-14(23)21-7-5-15(6-8-21)19-17-4-3-16(13-18-17)26(24,25)22-11-9-20(2)10-12-22/h3-4,13,15H,5-12H2,1-2H3,(H,18,19). The fraction of sp³-hybridized carbons (Fsp3) is 0.647. The lowest BCUT2D eigenvalue weighted by molar-refractivity contribution is -0.129. The molecule has 0 unspecified atom stereocenters. The predicted molar refractivity (Wildman–Crippen MR) is 99.4 cm³/mol. The largest absolute Gasteiger partial charge is 0.367 e. The maximum Gasteiger partial charge on any atom is 0.244 e. The van der Waals surface area contributed by atoms with Crippen molar-refractivity contribution in [3.63, 3.8) is 0 Å². The predicted octanol–water partition coefficient (Wildman–Crippen LogP) is 0.441. The van der Waals surface area contributed by atoms with Gasteiger partial charge in [-0.1, -0.05) is 0 Å². The molecule has 0 aromatic carbocycles. The zero-order chi connectivity index (χ0) is 18.7. The molecule has 2 saturated heterocycles. The third-order valence-corrected chi connectivity index (χ3v) is 7.01. The number of aromatic nitrogens is 1. The Morgan fingerprint density at radius 3 is 2.31 bits per heavy atom. The first kappa shape index (κ1) is 19.1. The van der Waals surface area contributed by atoms with E-state index in [0.29, 0.717) is 18.9 Å². The molecule has 0 atom stereocenters. The van der Waals surface area contributed by atoms with E-state index in [2.05, 4.69) is 15.2 Å². The molecule has 0 bridgehead atoms. The van der Waals surface area contributed by atoms with Crippen LogP contribution in [0.5, 0.6) is 0 Å². The van der Waals surface area contributed by atoms with Crippen LogP contribution in [0.1, 0.15) is 19.8 Å². The molecule has 1 amide bonds. The van der Waals surface area contributed by atoms with Crippen LogP contribution in [0.2, 0.25) is 0 Å². The average Bonchev–Trinajstić information content (AvgIpc) is 2.63. The molecule has 26 heavy (non-hydrogen) atoms. The second-order valence-electron chi connectivity index (χ2n) is 7.01. The van der Waals surface area contributed by atoms with Crippen LogP contribution in [0.25, 0.3) is 0 Å². The summed E-state index contributed by atoms with van der Waals surface area (Å²) in [5.74, 6) is 0.781. The van der Waals surface area contributed by atoms with Crippen molar-refractivity contribution in [2.24, 2.45) is 0 Å². The van der Waals surface area contributed by atoms with Gasteiger partial charge in [-0.2, -0.15) is 4.31 Å². The molecule has 0 spiro atoms. The zero-order valence-electron chi connectivity index (χ0n) is 15.4. The van der Waals surface area contributed by atoms with Gasteiger partial charge in [-0.3, -0.25) is 4.79 Å². The molecule has 8 nitrogen and oxygen atoms in total. The van der Waals surface area contributed by atoms with Crippen LogP contribution in [0.15, 0.2) is 23.2 Å². The zero-order valence-corrected chi connectivity index (χ0v) is 16.2. The smallest absolute Gasteiger partial charge is 0.244 e. The van der Waals surface area contributed by atoms with Gasteiger partial charge in [-0.05, 0) is 32.0 Å². The number of rotatable bonds is 4. The first-order chi connectivity index (χ1) is 12.4. The number of likely N-dealkylation sites (tertiary alicyclic amines) is 1. The minimum absolute atomic E-state index is 0.111. The van der Waals surface area contributed by atoms with E-state index in [1.165, 1.54) is 10.5 Å². The minimum Gasteiger partial charge on any atom is -0.367 e. The number of carbonyl (C=O) groups is 1. The second-order valence-corrected chi connectivity index (χ2v) is 8.95. The Morgan fingerprint density at radius 1 is 1.12 bits per heavy atom. The molecule has 0 aliphatic carbocycles. The van der Waals surface area contributed by atoms with Crippen LogP contribution in [0.3, 0.4) is 0 Å². The van der Waals surface area contributed by atoms with Crippen molar-refractivity contribution in [1.82, 2.24) is 19.1 Å². The molecule has 3 heterocycles. The van der Waals surface area contributed by atoms with Gasteiger partial charge >= 0.3 is 0 Å². The Balaban J connectivity index is 1.59. The normalized spacial score (nSPS) is 20.9. The molecular formula is C17H27N5O3S. The van der Waals surface area contributed by atoms with Gasteiger partial charge in [0.15, 0.2) is 0 Å². The summed E-state index contributed by atoms with van der Waals surface area (Å²) in [6.45, 7) is 5.57. The summed E-state index contributed by atoms with van der Waals surface area (Å²) in [6, 6.07) is 3.59. The highest BCUT2D eigenvalue weighted by atomic mass is 32.2. The molecule has 1 N–H and O–H groups in total. The number of pyridine rings is 1. The highest BCUT2D eigenvalue weighted by Crippen LogP contribution is 2.20. The number of anilines is 1. The van der Waals surface area contributed by atoms with E-state index in [1.54, 1.807) is 19.1 Å². The fourth-order valence-electron chi connectivity index (χ4n) is 3.34. The minimum atomic E-state index is -3.48. The average molecular weight is 382 g/mol. The Bertz CT molecular complexity index is 721. The molecule has 1 aromatic heterocycles. The molecule has 0 saturated carbocycles. The van der Waals surface area contributed by atoms with Gasteiger partial charge in [-0.25, -0.2) is 13.4 Å². The molecular weight excluding hydrogens is 354 g/mol. The molecule has 3 rings (SSSR count). The van der Waals surface area contributed by atoms with Crippen LogP contribution in [-0.2, 0) is 14.8 Å². The lowest BCUT2D eigenvalue weighted by atomic mass is 10.1. The number of nitrogens with zero attached hydrogens (tertiary/aromatic N) is 4.